The van der Waals surface area contributed by atoms with Gasteiger partial charge in [-0.05, 0) is 11.4 Å². The highest BCUT2D eigenvalue weighted by atomic mass is 32.1. The molecule has 0 saturated heterocycles. The molecule has 90 valence electrons. The maximum absolute atomic E-state index is 11.3. The topological polar surface area (TPSA) is 81.4 Å². The predicted octanol–water partition coefficient (Wildman–Crippen LogP) is 0.267. The first kappa shape index (κ1) is 14.8. The van der Waals surface area contributed by atoms with Gasteiger partial charge in [-0.2, -0.15) is 0 Å². The molecule has 16 heavy (non-hydrogen) atoms. The van der Waals surface area contributed by atoms with Crippen LogP contribution in [0.1, 0.15) is 9.67 Å². The molecule has 0 radical (unpaired) electrons. The molecular weight excluding hydrogens is 228 g/mol. The molecule has 1 amide bonds. The van der Waals surface area contributed by atoms with E-state index in [1.807, 2.05) is 5.38 Å². The Balaban J connectivity index is 0.000000673. The molecule has 1 unspecified atom stereocenters. The van der Waals surface area contributed by atoms with Gasteiger partial charge in [0.2, 0.25) is 0 Å². The van der Waals surface area contributed by atoms with Crippen molar-refractivity contribution >= 4 is 23.5 Å². The van der Waals surface area contributed by atoms with Crippen LogP contribution >= 0.6 is 11.3 Å². The highest BCUT2D eigenvalue weighted by molar-refractivity contribution is 7.12. The average Bonchev–Trinajstić information content (AvgIpc) is 2.80. The lowest BCUT2D eigenvalue weighted by Gasteiger charge is -2.04. The van der Waals surface area contributed by atoms with Crippen LogP contribution in [-0.4, -0.2) is 39.0 Å². The number of carbonyl (C=O) groups is 2. The second-order valence-electron chi connectivity index (χ2n) is 2.90. The molecule has 1 atom stereocenters. The molecule has 6 heteroatoms. The quantitative estimate of drug-likeness (QED) is 0.745. The highest BCUT2D eigenvalue weighted by Gasteiger charge is 2.07. The van der Waals surface area contributed by atoms with Gasteiger partial charge in [-0.25, -0.2) is 0 Å². The van der Waals surface area contributed by atoms with Crippen molar-refractivity contribution in [1.82, 2.24) is 5.32 Å². The number of hydrogen-bond donors (Lipinski definition) is 2. The first-order valence-electron chi connectivity index (χ1n) is 4.58. The summed E-state index contributed by atoms with van der Waals surface area (Å²) in [5.41, 5.74) is 5.30. The summed E-state index contributed by atoms with van der Waals surface area (Å²) in [6.45, 7) is 0.181. The van der Waals surface area contributed by atoms with Crippen molar-refractivity contribution in [2.45, 2.75) is 6.04 Å². The lowest BCUT2D eigenvalue weighted by Crippen LogP contribution is -2.37. The fourth-order valence-corrected chi connectivity index (χ4v) is 1.39. The molecule has 0 aliphatic carbocycles. The Morgan fingerprint density at radius 1 is 1.69 bits per heavy atom. The number of nitrogens with two attached hydrogens (primary N) is 1. The number of nitrogens with one attached hydrogen (secondary N) is 1. The van der Waals surface area contributed by atoms with Crippen molar-refractivity contribution in [3.8, 4) is 0 Å². The molecule has 0 fully saturated rings. The van der Waals surface area contributed by atoms with Crippen molar-refractivity contribution in [2.75, 3.05) is 20.8 Å². The van der Waals surface area contributed by atoms with E-state index in [0.29, 0.717) is 11.2 Å². The van der Waals surface area contributed by atoms with Crippen LogP contribution in [0, 0.1) is 0 Å². The zero-order chi connectivity index (χ0) is 12.4. The fourth-order valence-electron chi connectivity index (χ4n) is 0.754. The van der Waals surface area contributed by atoms with E-state index < -0.39 is 6.04 Å². The van der Waals surface area contributed by atoms with Crippen molar-refractivity contribution < 1.29 is 14.3 Å². The smallest absolute Gasteiger partial charge is 0.261 e. The van der Waals surface area contributed by atoms with Gasteiger partial charge in [0.15, 0.2) is 0 Å². The van der Waals surface area contributed by atoms with E-state index in [-0.39, 0.29) is 12.5 Å². The van der Waals surface area contributed by atoms with Gasteiger partial charge in [0, 0.05) is 20.8 Å². The SMILES string of the molecule is COC.NC(C=O)CNC(=O)c1cccs1. The molecule has 0 aromatic carbocycles. The van der Waals surface area contributed by atoms with Gasteiger partial charge in [0.1, 0.15) is 6.29 Å². The van der Waals surface area contributed by atoms with E-state index in [2.05, 4.69) is 10.1 Å². The van der Waals surface area contributed by atoms with E-state index in [9.17, 15) is 9.59 Å². The van der Waals surface area contributed by atoms with Crippen LogP contribution in [0.3, 0.4) is 0 Å². The van der Waals surface area contributed by atoms with Gasteiger partial charge in [-0.3, -0.25) is 4.79 Å². The summed E-state index contributed by atoms with van der Waals surface area (Å²) < 4.78 is 4.25. The summed E-state index contributed by atoms with van der Waals surface area (Å²) in [5.74, 6) is -0.188. The summed E-state index contributed by atoms with van der Waals surface area (Å²) in [6, 6.07) is 2.88. The van der Waals surface area contributed by atoms with Gasteiger partial charge in [0.05, 0.1) is 10.9 Å². The Kier molecular flexibility index (Phi) is 8.32. The van der Waals surface area contributed by atoms with Crippen LogP contribution in [-0.2, 0) is 9.53 Å². The maximum Gasteiger partial charge on any atom is 0.261 e. The Hall–Kier alpha value is -1.24. The van der Waals surface area contributed by atoms with Gasteiger partial charge in [0.25, 0.3) is 5.91 Å². The predicted molar refractivity (Wildman–Crippen MR) is 63.6 cm³/mol. The summed E-state index contributed by atoms with van der Waals surface area (Å²) in [7, 11) is 3.25. The summed E-state index contributed by atoms with van der Waals surface area (Å²) in [5, 5.41) is 4.37. The average molecular weight is 244 g/mol. The fraction of sp³-hybridized carbons (Fsp3) is 0.400. The number of carbonyl (C=O) groups excluding carboxylic acids is 2. The molecule has 1 rings (SSSR count). The standard InChI is InChI=1S/C8H10N2O2S.C2H6O/c9-6(5-11)4-10-8(12)7-2-1-3-13-7;1-3-2/h1-3,5-6H,4,9H2,(H,10,12);1-2H3. The van der Waals surface area contributed by atoms with Crippen molar-refractivity contribution in [1.29, 1.82) is 0 Å². The number of amides is 1. The third kappa shape index (κ3) is 6.28. The van der Waals surface area contributed by atoms with Gasteiger partial charge in [-0.15, -0.1) is 11.3 Å². The molecule has 0 aliphatic rings. The van der Waals surface area contributed by atoms with Crippen LogP contribution in [0.4, 0.5) is 0 Å². The van der Waals surface area contributed by atoms with Gasteiger partial charge >= 0.3 is 0 Å². The third-order valence-electron chi connectivity index (χ3n) is 1.42. The van der Waals surface area contributed by atoms with E-state index in [1.165, 1.54) is 11.3 Å². The molecule has 0 saturated carbocycles. The van der Waals surface area contributed by atoms with E-state index >= 15 is 0 Å². The molecule has 0 aliphatic heterocycles. The van der Waals surface area contributed by atoms with Crippen LogP contribution in [0.15, 0.2) is 17.5 Å². The minimum absolute atomic E-state index is 0.181. The monoisotopic (exact) mass is 244 g/mol. The Bertz CT molecular complexity index is 301. The number of methoxy groups -OCH3 is 1. The normalized spacial score (nSPS) is 10.9. The second kappa shape index (κ2) is 9.02. The molecule has 1 aromatic heterocycles. The zero-order valence-corrected chi connectivity index (χ0v) is 10.1. The lowest BCUT2D eigenvalue weighted by molar-refractivity contribution is -0.108. The van der Waals surface area contributed by atoms with E-state index in [0.717, 1.165) is 0 Å². The third-order valence-corrected chi connectivity index (χ3v) is 2.29. The Morgan fingerprint density at radius 2 is 2.31 bits per heavy atom. The molecule has 0 spiro atoms. The molecule has 3 N–H and O–H groups in total. The minimum Gasteiger partial charge on any atom is -0.388 e. The molecule has 1 aromatic rings. The minimum atomic E-state index is -0.621. The molecule has 0 bridgehead atoms. The highest BCUT2D eigenvalue weighted by Crippen LogP contribution is 2.07. The number of ether oxygens (including phenoxy) is 1. The van der Waals surface area contributed by atoms with Crippen molar-refractivity contribution in [3.05, 3.63) is 22.4 Å². The lowest BCUT2D eigenvalue weighted by atomic mass is 10.3. The molecular formula is C10H16N2O3S. The Labute approximate surface area is 98.6 Å². The first-order valence-corrected chi connectivity index (χ1v) is 5.46. The van der Waals surface area contributed by atoms with Crippen LogP contribution in [0.5, 0.6) is 0 Å². The Morgan fingerprint density at radius 3 is 2.75 bits per heavy atom. The van der Waals surface area contributed by atoms with E-state index in [1.54, 1.807) is 26.4 Å². The molecule has 1 heterocycles. The number of hydrogen-bond acceptors (Lipinski definition) is 5. The van der Waals surface area contributed by atoms with Crippen molar-refractivity contribution in [2.24, 2.45) is 5.73 Å². The van der Waals surface area contributed by atoms with Crippen molar-refractivity contribution in [3.63, 3.8) is 0 Å². The van der Waals surface area contributed by atoms with Gasteiger partial charge < -0.3 is 20.6 Å². The van der Waals surface area contributed by atoms with Crippen LogP contribution in [0.2, 0.25) is 0 Å². The van der Waals surface area contributed by atoms with Crippen LogP contribution in [0.25, 0.3) is 0 Å². The summed E-state index contributed by atoms with van der Waals surface area (Å²) in [6.07, 6.45) is 0.606. The second-order valence-corrected chi connectivity index (χ2v) is 3.84. The van der Waals surface area contributed by atoms with E-state index in [4.69, 9.17) is 5.73 Å². The summed E-state index contributed by atoms with van der Waals surface area (Å²) in [4.78, 5) is 22.0. The number of rotatable bonds is 4. The number of thiophene rings is 1. The number of aldehydes is 1. The van der Waals surface area contributed by atoms with Gasteiger partial charge in [-0.1, -0.05) is 6.07 Å². The van der Waals surface area contributed by atoms with Crippen LogP contribution < -0.4 is 11.1 Å². The molecule has 5 nitrogen and oxygen atoms in total. The summed E-state index contributed by atoms with van der Waals surface area (Å²) >= 11 is 1.35. The first-order chi connectivity index (χ1) is 7.65. The maximum atomic E-state index is 11.3. The zero-order valence-electron chi connectivity index (χ0n) is 9.30. The largest absolute Gasteiger partial charge is 0.388 e.